The van der Waals surface area contributed by atoms with Crippen molar-refractivity contribution in [3.05, 3.63) is 34.4 Å². The largest absolute Gasteiger partial charge is 0.324 e. The van der Waals surface area contributed by atoms with Crippen LogP contribution in [-0.4, -0.2) is 42.9 Å². The second kappa shape index (κ2) is 5.43. The second-order valence-corrected chi connectivity index (χ2v) is 6.46. The van der Waals surface area contributed by atoms with Gasteiger partial charge in [0.15, 0.2) is 4.90 Å². The summed E-state index contributed by atoms with van der Waals surface area (Å²) in [6.45, 7) is -0.223. The number of piperidine rings is 1. The molecule has 0 amide bonds. The van der Waals surface area contributed by atoms with Crippen molar-refractivity contribution < 1.29 is 17.7 Å². The Balaban J connectivity index is 2.39. The number of rotatable bonds is 3. The van der Waals surface area contributed by atoms with E-state index >= 15 is 0 Å². The zero-order valence-electron chi connectivity index (χ0n) is 10.5. The number of para-hydroxylation sites is 1. The zero-order valence-corrected chi connectivity index (χ0v) is 11.3. The van der Waals surface area contributed by atoms with Gasteiger partial charge in [-0.2, -0.15) is 4.31 Å². The number of sulfonamides is 1. The summed E-state index contributed by atoms with van der Waals surface area (Å²) in [4.78, 5) is 9.76. The lowest BCUT2D eigenvalue weighted by Gasteiger charge is -2.32. The molecule has 20 heavy (non-hydrogen) atoms. The molecular weight excluding hydrogens is 289 g/mol. The maximum absolute atomic E-state index is 13.3. The number of hydrogen-bond donors (Lipinski definition) is 1. The average Bonchev–Trinajstić information content (AvgIpc) is 2.41. The van der Waals surface area contributed by atoms with E-state index in [1.165, 1.54) is 18.2 Å². The van der Waals surface area contributed by atoms with E-state index in [1.54, 1.807) is 0 Å². The fraction of sp³-hybridized carbons (Fsp3) is 0.455. The third-order valence-corrected chi connectivity index (χ3v) is 5.13. The molecule has 1 saturated heterocycles. The number of halogens is 1. The molecule has 0 saturated carbocycles. The molecule has 110 valence electrons. The van der Waals surface area contributed by atoms with Crippen LogP contribution in [-0.2, 0) is 10.0 Å². The van der Waals surface area contributed by atoms with E-state index in [0.717, 1.165) is 10.4 Å². The molecule has 1 aliphatic rings. The topological polar surface area (TPSA) is 107 Å². The molecule has 1 fully saturated rings. The molecular formula is C11H14FN3O4S. The van der Waals surface area contributed by atoms with Gasteiger partial charge in [-0.3, -0.25) is 10.1 Å². The summed E-state index contributed by atoms with van der Waals surface area (Å²) >= 11 is 0. The number of benzene rings is 1. The van der Waals surface area contributed by atoms with Gasteiger partial charge in [0.1, 0.15) is 6.17 Å². The fourth-order valence-electron chi connectivity index (χ4n) is 2.11. The molecule has 0 radical (unpaired) electrons. The standard InChI is InChI=1S/C11H14FN3O4S/c12-8-5-6-14(7-9(8)13)20(18,19)11-4-2-1-3-10(11)15(16)17/h1-4,8-9H,5-7,13H2/t8-,9-/m1/s1. The van der Waals surface area contributed by atoms with Gasteiger partial charge in [-0.15, -0.1) is 0 Å². The third-order valence-electron chi connectivity index (χ3n) is 3.21. The van der Waals surface area contributed by atoms with E-state index in [1.807, 2.05) is 0 Å². The lowest BCUT2D eigenvalue weighted by molar-refractivity contribution is -0.387. The first-order valence-electron chi connectivity index (χ1n) is 5.97. The SMILES string of the molecule is N[C@@H]1CN(S(=O)(=O)c2ccccc2[N+](=O)[O-])CC[C@H]1F. The number of nitro groups is 1. The number of nitro benzene ring substituents is 1. The molecule has 2 atom stereocenters. The van der Waals surface area contributed by atoms with Gasteiger partial charge in [0, 0.05) is 25.2 Å². The van der Waals surface area contributed by atoms with Crippen LogP contribution in [0.1, 0.15) is 6.42 Å². The van der Waals surface area contributed by atoms with Gasteiger partial charge in [-0.05, 0) is 12.5 Å². The molecule has 7 nitrogen and oxygen atoms in total. The molecule has 1 heterocycles. The summed E-state index contributed by atoms with van der Waals surface area (Å²) in [6, 6.07) is 4.16. The summed E-state index contributed by atoms with van der Waals surface area (Å²) in [6.07, 6.45) is -1.27. The van der Waals surface area contributed by atoms with Gasteiger partial charge in [0.25, 0.3) is 5.69 Å². The Bertz CT molecular complexity index is 622. The molecule has 2 N–H and O–H groups in total. The van der Waals surface area contributed by atoms with Crippen molar-refractivity contribution in [3.63, 3.8) is 0 Å². The highest BCUT2D eigenvalue weighted by Crippen LogP contribution is 2.28. The lowest BCUT2D eigenvalue weighted by Crippen LogP contribution is -2.51. The molecule has 1 aliphatic heterocycles. The molecule has 9 heteroatoms. The van der Waals surface area contributed by atoms with Crippen LogP contribution in [0.5, 0.6) is 0 Å². The van der Waals surface area contributed by atoms with Crippen molar-refractivity contribution in [1.29, 1.82) is 0 Å². The smallest absolute Gasteiger partial charge is 0.289 e. The van der Waals surface area contributed by atoms with Gasteiger partial charge in [-0.1, -0.05) is 12.1 Å². The highest BCUT2D eigenvalue weighted by atomic mass is 32.2. The van der Waals surface area contributed by atoms with E-state index < -0.39 is 37.7 Å². The maximum Gasteiger partial charge on any atom is 0.289 e. The Labute approximate surface area is 115 Å². The van der Waals surface area contributed by atoms with Crippen LogP contribution in [0, 0.1) is 10.1 Å². The van der Waals surface area contributed by atoms with E-state index in [4.69, 9.17) is 5.73 Å². The lowest BCUT2D eigenvalue weighted by atomic mass is 10.1. The summed E-state index contributed by atoms with van der Waals surface area (Å²) < 4.78 is 39.1. The first-order chi connectivity index (χ1) is 9.34. The monoisotopic (exact) mass is 303 g/mol. The predicted octanol–water partition coefficient (Wildman–Crippen LogP) is 0.655. The molecule has 0 spiro atoms. The van der Waals surface area contributed by atoms with E-state index in [-0.39, 0.29) is 19.5 Å². The number of alkyl halides is 1. The summed E-state index contributed by atoms with van der Waals surface area (Å²) in [5.74, 6) is 0. The number of hydrogen-bond acceptors (Lipinski definition) is 5. The molecule has 1 aromatic carbocycles. The molecule has 0 aromatic heterocycles. The van der Waals surface area contributed by atoms with Gasteiger partial charge in [0.05, 0.1) is 4.92 Å². The van der Waals surface area contributed by atoms with Crippen molar-refractivity contribution >= 4 is 15.7 Å². The van der Waals surface area contributed by atoms with Crippen LogP contribution in [0.3, 0.4) is 0 Å². The minimum atomic E-state index is -4.05. The Kier molecular flexibility index (Phi) is 4.02. The van der Waals surface area contributed by atoms with Crippen molar-refractivity contribution in [2.75, 3.05) is 13.1 Å². The van der Waals surface area contributed by atoms with Crippen LogP contribution in [0.15, 0.2) is 29.2 Å². The zero-order chi connectivity index (χ0) is 14.9. The minimum Gasteiger partial charge on any atom is -0.324 e. The van der Waals surface area contributed by atoms with Crippen LogP contribution < -0.4 is 5.73 Å². The minimum absolute atomic E-state index is 0.0129. The first-order valence-corrected chi connectivity index (χ1v) is 7.41. The fourth-order valence-corrected chi connectivity index (χ4v) is 3.76. The van der Waals surface area contributed by atoms with E-state index in [0.29, 0.717) is 0 Å². The normalized spacial score (nSPS) is 24.5. The van der Waals surface area contributed by atoms with Crippen molar-refractivity contribution in [3.8, 4) is 0 Å². The second-order valence-electron chi connectivity index (χ2n) is 4.56. The number of nitrogens with zero attached hydrogens (tertiary/aromatic N) is 2. The van der Waals surface area contributed by atoms with E-state index in [2.05, 4.69) is 0 Å². The Hall–Kier alpha value is -1.58. The van der Waals surface area contributed by atoms with Crippen molar-refractivity contribution in [2.45, 2.75) is 23.5 Å². The Morgan fingerprint density at radius 2 is 2.05 bits per heavy atom. The highest BCUT2D eigenvalue weighted by Gasteiger charge is 2.36. The van der Waals surface area contributed by atoms with Crippen LogP contribution >= 0.6 is 0 Å². The van der Waals surface area contributed by atoms with Crippen LogP contribution in [0.2, 0.25) is 0 Å². The van der Waals surface area contributed by atoms with Gasteiger partial charge >= 0.3 is 0 Å². The van der Waals surface area contributed by atoms with E-state index in [9.17, 15) is 22.9 Å². The number of nitrogens with two attached hydrogens (primary N) is 1. The average molecular weight is 303 g/mol. The molecule has 2 rings (SSSR count). The quantitative estimate of drug-likeness (QED) is 0.652. The Morgan fingerprint density at radius 1 is 1.40 bits per heavy atom. The van der Waals surface area contributed by atoms with Crippen LogP contribution in [0.25, 0.3) is 0 Å². The van der Waals surface area contributed by atoms with Crippen molar-refractivity contribution in [1.82, 2.24) is 4.31 Å². The maximum atomic E-state index is 13.3. The van der Waals surface area contributed by atoms with Crippen LogP contribution in [0.4, 0.5) is 10.1 Å². The third kappa shape index (κ3) is 2.65. The molecule has 0 aliphatic carbocycles. The first kappa shape index (κ1) is 14.8. The molecule has 0 bridgehead atoms. The highest BCUT2D eigenvalue weighted by molar-refractivity contribution is 7.89. The summed E-state index contributed by atoms with van der Waals surface area (Å²) in [5.41, 5.74) is 5.03. The molecule has 1 aromatic rings. The van der Waals surface area contributed by atoms with Gasteiger partial charge in [-0.25, -0.2) is 12.8 Å². The Morgan fingerprint density at radius 3 is 2.65 bits per heavy atom. The predicted molar refractivity (Wildman–Crippen MR) is 69.3 cm³/mol. The summed E-state index contributed by atoms with van der Waals surface area (Å²) in [7, 11) is -4.05. The summed E-state index contributed by atoms with van der Waals surface area (Å²) in [5, 5.41) is 10.9. The molecule has 0 unspecified atom stereocenters. The van der Waals surface area contributed by atoms with Crippen molar-refractivity contribution in [2.24, 2.45) is 5.73 Å². The van der Waals surface area contributed by atoms with Gasteiger partial charge in [0.2, 0.25) is 10.0 Å². The van der Waals surface area contributed by atoms with Gasteiger partial charge < -0.3 is 5.73 Å².